The van der Waals surface area contributed by atoms with E-state index in [1.165, 1.54) is 7.11 Å². The molecular formula is C20H20N2O4. The number of hydrogen-bond acceptors (Lipinski definition) is 4. The smallest absolute Gasteiger partial charge is 0.337 e. The Morgan fingerprint density at radius 1 is 1.04 bits per heavy atom. The number of ether oxygens (including phenoxy) is 2. The third-order valence-electron chi connectivity index (χ3n) is 4.23. The van der Waals surface area contributed by atoms with Gasteiger partial charge in [0.05, 0.1) is 25.8 Å². The van der Waals surface area contributed by atoms with Crippen LogP contribution in [0.15, 0.2) is 65.9 Å². The van der Waals surface area contributed by atoms with Crippen LogP contribution in [-0.2, 0) is 16.0 Å². The van der Waals surface area contributed by atoms with E-state index in [0.29, 0.717) is 29.0 Å². The Morgan fingerprint density at radius 2 is 1.73 bits per heavy atom. The molecule has 0 aliphatic carbocycles. The molecule has 2 amide bonds. The second-order valence-electron chi connectivity index (χ2n) is 5.82. The fraction of sp³-hybridized carbons (Fsp3) is 0.200. The minimum Gasteiger partial charge on any atom is -0.496 e. The summed E-state index contributed by atoms with van der Waals surface area (Å²) in [5, 5.41) is 5.56. The van der Waals surface area contributed by atoms with Crippen molar-refractivity contribution in [2.24, 2.45) is 0 Å². The topological polar surface area (TPSA) is 76.7 Å². The summed E-state index contributed by atoms with van der Waals surface area (Å²) in [6.45, 7) is 0. The average molecular weight is 352 g/mol. The van der Waals surface area contributed by atoms with Crippen molar-refractivity contribution in [3.63, 3.8) is 0 Å². The number of nitrogens with one attached hydrogen (secondary N) is 2. The molecule has 2 aromatic carbocycles. The van der Waals surface area contributed by atoms with E-state index in [4.69, 9.17) is 9.47 Å². The number of allylic oxidation sites excluding steroid dienone is 1. The summed E-state index contributed by atoms with van der Waals surface area (Å²) in [6, 6.07) is 15.8. The number of amides is 2. The molecule has 3 rings (SSSR count). The maximum absolute atomic E-state index is 12.5. The highest BCUT2D eigenvalue weighted by Crippen LogP contribution is 2.34. The fourth-order valence-electron chi connectivity index (χ4n) is 3.05. The van der Waals surface area contributed by atoms with Gasteiger partial charge >= 0.3 is 12.0 Å². The predicted molar refractivity (Wildman–Crippen MR) is 96.6 cm³/mol. The predicted octanol–water partition coefficient (Wildman–Crippen LogP) is 2.72. The van der Waals surface area contributed by atoms with Crippen LogP contribution in [0.3, 0.4) is 0 Å². The molecule has 1 aliphatic heterocycles. The number of carbonyl (C=O) groups excluding carboxylic acids is 2. The number of carbonyl (C=O) groups is 2. The van der Waals surface area contributed by atoms with Crippen molar-refractivity contribution in [3.05, 3.63) is 77.0 Å². The highest BCUT2D eigenvalue weighted by molar-refractivity contribution is 5.95. The van der Waals surface area contributed by atoms with E-state index in [1.807, 2.05) is 48.5 Å². The second kappa shape index (κ2) is 7.74. The summed E-state index contributed by atoms with van der Waals surface area (Å²) < 4.78 is 10.4. The highest BCUT2D eigenvalue weighted by Gasteiger charge is 2.34. The van der Waals surface area contributed by atoms with Gasteiger partial charge in [-0.1, -0.05) is 48.5 Å². The van der Waals surface area contributed by atoms with Crippen LogP contribution in [0.4, 0.5) is 4.79 Å². The van der Waals surface area contributed by atoms with Gasteiger partial charge in [-0.2, -0.15) is 0 Å². The number of benzene rings is 2. The van der Waals surface area contributed by atoms with Crippen LogP contribution in [0.1, 0.15) is 17.2 Å². The molecule has 0 fully saturated rings. The summed E-state index contributed by atoms with van der Waals surface area (Å²) in [5.74, 6) is 0.0829. The molecule has 1 heterocycles. The molecule has 0 radical (unpaired) electrons. The molecule has 0 saturated carbocycles. The lowest BCUT2D eigenvalue weighted by Crippen LogP contribution is -2.46. The first-order valence-electron chi connectivity index (χ1n) is 8.19. The summed E-state index contributed by atoms with van der Waals surface area (Å²) >= 11 is 0. The van der Waals surface area contributed by atoms with E-state index in [9.17, 15) is 9.59 Å². The molecule has 1 atom stereocenters. The van der Waals surface area contributed by atoms with Crippen molar-refractivity contribution in [2.75, 3.05) is 14.2 Å². The van der Waals surface area contributed by atoms with Crippen molar-refractivity contribution in [2.45, 2.75) is 12.5 Å². The Kier molecular flexibility index (Phi) is 5.22. The van der Waals surface area contributed by atoms with Gasteiger partial charge in [-0.15, -0.1) is 0 Å². The van der Waals surface area contributed by atoms with Crippen LogP contribution in [0.5, 0.6) is 5.75 Å². The first kappa shape index (κ1) is 17.5. The number of urea groups is 1. The van der Waals surface area contributed by atoms with Gasteiger partial charge in [-0.3, -0.25) is 0 Å². The number of rotatable bonds is 5. The van der Waals surface area contributed by atoms with Crippen LogP contribution < -0.4 is 15.4 Å². The largest absolute Gasteiger partial charge is 0.496 e. The molecule has 0 aromatic heterocycles. The maximum Gasteiger partial charge on any atom is 0.337 e. The first-order chi connectivity index (χ1) is 12.6. The highest BCUT2D eigenvalue weighted by atomic mass is 16.5. The number of esters is 1. The lowest BCUT2D eigenvalue weighted by Gasteiger charge is -2.30. The van der Waals surface area contributed by atoms with Crippen LogP contribution in [-0.4, -0.2) is 26.2 Å². The average Bonchev–Trinajstić information content (AvgIpc) is 2.67. The Balaban J connectivity index is 2.11. The SMILES string of the molecule is COC(=O)C1=C(Cc2ccccc2)NC(=O)NC1c1ccccc1OC. The Bertz CT molecular complexity index is 846. The number of methoxy groups -OCH3 is 2. The Hall–Kier alpha value is -3.28. The van der Waals surface area contributed by atoms with Crippen molar-refractivity contribution in [3.8, 4) is 5.75 Å². The molecular weight excluding hydrogens is 332 g/mol. The molecule has 1 aliphatic rings. The van der Waals surface area contributed by atoms with Crippen LogP contribution in [0.25, 0.3) is 0 Å². The molecule has 134 valence electrons. The lowest BCUT2D eigenvalue weighted by atomic mass is 9.92. The van der Waals surface area contributed by atoms with Crippen molar-refractivity contribution >= 4 is 12.0 Å². The molecule has 26 heavy (non-hydrogen) atoms. The fourth-order valence-corrected chi connectivity index (χ4v) is 3.05. The summed E-state index contributed by atoms with van der Waals surface area (Å²) in [7, 11) is 2.87. The molecule has 6 nitrogen and oxygen atoms in total. The van der Waals surface area contributed by atoms with Gasteiger partial charge in [0.1, 0.15) is 5.75 Å². The van der Waals surface area contributed by atoms with Crippen molar-refractivity contribution in [1.29, 1.82) is 0 Å². The Morgan fingerprint density at radius 3 is 2.42 bits per heavy atom. The third kappa shape index (κ3) is 3.54. The zero-order valence-electron chi connectivity index (χ0n) is 14.6. The second-order valence-corrected chi connectivity index (χ2v) is 5.82. The van der Waals surface area contributed by atoms with Crippen LogP contribution in [0, 0.1) is 0 Å². The molecule has 0 bridgehead atoms. The number of para-hydroxylation sites is 1. The van der Waals surface area contributed by atoms with Gasteiger partial charge in [0.2, 0.25) is 0 Å². The van der Waals surface area contributed by atoms with Gasteiger partial charge in [0.15, 0.2) is 0 Å². The minimum absolute atomic E-state index is 0.362. The van der Waals surface area contributed by atoms with Gasteiger partial charge in [-0.05, 0) is 11.6 Å². The van der Waals surface area contributed by atoms with Gasteiger partial charge in [0.25, 0.3) is 0 Å². The quantitative estimate of drug-likeness (QED) is 0.811. The molecule has 0 saturated heterocycles. The van der Waals surface area contributed by atoms with E-state index < -0.39 is 12.0 Å². The first-order valence-corrected chi connectivity index (χ1v) is 8.19. The summed E-state index contributed by atoms with van der Waals surface area (Å²) in [5.41, 5.74) is 2.55. The van der Waals surface area contributed by atoms with E-state index in [-0.39, 0.29) is 6.03 Å². The van der Waals surface area contributed by atoms with E-state index in [2.05, 4.69) is 10.6 Å². The summed E-state index contributed by atoms with van der Waals surface area (Å²) in [6.07, 6.45) is 0.407. The zero-order chi connectivity index (χ0) is 18.5. The van der Waals surface area contributed by atoms with Crippen molar-refractivity contribution < 1.29 is 19.1 Å². The number of hydrogen-bond donors (Lipinski definition) is 2. The molecule has 2 N–H and O–H groups in total. The van der Waals surface area contributed by atoms with Gasteiger partial charge in [0, 0.05) is 17.7 Å². The lowest BCUT2D eigenvalue weighted by molar-refractivity contribution is -0.136. The van der Waals surface area contributed by atoms with Crippen LogP contribution >= 0.6 is 0 Å². The van der Waals surface area contributed by atoms with Gasteiger partial charge < -0.3 is 20.1 Å². The third-order valence-corrected chi connectivity index (χ3v) is 4.23. The van der Waals surface area contributed by atoms with E-state index in [0.717, 1.165) is 5.56 Å². The van der Waals surface area contributed by atoms with Gasteiger partial charge in [-0.25, -0.2) is 9.59 Å². The molecule has 0 spiro atoms. The zero-order valence-corrected chi connectivity index (χ0v) is 14.6. The Labute approximate surface area is 151 Å². The maximum atomic E-state index is 12.5. The molecule has 2 aromatic rings. The van der Waals surface area contributed by atoms with E-state index in [1.54, 1.807) is 13.2 Å². The normalized spacial score (nSPS) is 16.5. The monoisotopic (exact) mass is 352 g/mol. The molecule has 6 heteroatoms. The summed E-state index contributed by atoms with van der Waals surface area (Å²) in [4.78, 5) is 24.8. The molecule has 1 unspecified atom stereocenters. The standard InChI is InChI=1S/C20H20N2O4/c1-25-16-11-7-6-10-14(16)18-17(19(23)26-2)15(21-20(24)22-18)12-13-8-4-3-5-9-13/h3-11,18H,12H2,1-2H3,(H2,21,22,24). The van der Waals surface area contributed by atoms with Crippen LogP contribution in [0.2, 0.25) is 0 Å². The minimum atomic E-state index is -0.661. The van der Waals surface area contributed by atoms with Crippen molar-refractivity contribution in [1.82, 2.24) is 10.6 Å². The van der Waals surface area contributed by atoms with E-state index >= 15 is 0 Å².